The number of carbonyl (C=O) groups is 2. The van der Waals surface area contributed by atoms with Crippen LogP contribution in [0.4, 0.5) is 5.69 Å². The van der Waals surface area contributed by atoms with E-state index in [9.17, 15) is 9.59 Å². The fourth-order valence-electron chi connectivity index (χ4n) is 3.35. The molecule has 2 heterocycles. The first-order valence-corrected chi connectivity index (χ1v) is 8.31. The van der Waals surface area contributed by atoms with E-state index < -0.39 is 0 Å². The Kier molecular flexibility index (Phi) is 4.46. The van der Waals surface area contributed by atoms with Crippen molar-refractivity contribution < 1.29 is 9.59 Å². The molecule has 0 atom stereocenters. The van der Waals surface area contributed by atoms with E-state index in [1.54, 1.807) is 4.90 Å². The van der Waals surface area contributed by atoms with Gasteiger partial charge in [-0.15, -0.1) is 0 Å². The van der Waals surface area contributed by atoms with Crippen molar-refractivity contribution in [3.63, 3.8) is 0 Å². The van der Waals surface area contributed by atoms with Crippen molar-refractivity contribution in [2.45, 2.75) is 39.0 Å². The molecule has 1 aromatic carbocycles. The SMILES string of the molecule is CC1CCN(C(=O)CN2C(=O)CCCc3ccccc32)CC1. The van der Waals surface area contributed by atoms with E-state index >= 15 is 0 Å². The van der Waals surface area contributed by atoms with Gasteiger partial charge in [0, 0.05) is 25.2 Å². The lowest BCUT2D eigenvalue weighted by Gasteiger charge is -2.32. The zero-order chi connectivity index (χ0) is 15.5. The molecule has 118 valence electrons. The monoisotopic (exact) mass is 300 g/mol. The fourth-order valence-corrected chi connectivity index (χ4v) is 3.35. The first kappa shape index (κ1) is 15.1. The third-order valence-corrected chi connectivity index (χ3v) is 4.85. The van der Waals surface area contributed by atoms with Crippen LogP contribution in [0, 0.1) is 5.92 Å². The van der Waals surface area contributed by atoms with Crippen LogP contribution in [-0.4, -0.2) is 36.3 Å². The van der Waals surface area contributed by atoms with Gasteiger partial charge in [0.05, 0.1) is 0 Å². The number of para-hydroxylation sites is 1. The second kappa shape index (κ2) is 6.51. The van der Waals surface area contributed by atoms with Gasteiger partial charge in [0.2, 0.25) is 11.8 Å². The highest BCUT2D eigenvalue weighted by molar-refractivity contribution is 5.99. The maximum Gasteiger partial charge on any atom is 0.242 e. The van der Waals surface area contributed by atoms with Gasteiger partial charge in [-0.05, 0) is 43.2 Å². The smallest absolute Gasteiger partial charge is 0.242 e. The summed E-state index contributed by atoms with van der Waals surface area (Å²) in [6.07, 6.45) is 4.43. The quantitative estimate of drug-likeness (QED) is 0.842. The summed E-state index contributed by atoms with van der Waals surface area (Å²) in [5.41, 5.74) is 2.09. The molecule has 3 rings (SSSR count). The van der Waals surface area contributed by atoms with Crippen LogP contribution in [-0.2, 0) is 16.0 Å². The number of likely N-dealkylation sites (tertiary alicyclic amines) is 1. The van der Waals surface area contributed by atoms with Crippen LogP contribution in [0.25, 0.3) is 0 Å². The van der Waals surface area contributed by atoms with Gasteiger partial charge in [-0.25, -0.2) is 0 Å². The van der Waals surface area contributed by atoms with E-state index in [-0.39, 0.29) is 18.4 Å². The second-order valence-corrected chi connectivity index (χ2v) is 6.53. The minimum absolute atomic E-state index is 0.0728. The Bertz CT molecular complexity index is 562. The molecule has 0 N–H and O–H groups in total. The molecular weight excluding hydrogens is 276 g/mol. The van der Waals surface area contributed by atoms with Gasteiger partial charge in [-0.3, -0.25) is 9.59 Å². The van der Waals surface area contributed by atoms with Crippen molar-refractivity contribution in [3.05, 3.63) is 29.8 Å². The molecule has 0 unspecified atom stereocenters. The number of anilines is 1. The first-order valence-electron chi connectivity index (χ1n) is 8.31. The van der Waals surface area contributed by atoms with E-state index in [2.05, 4.69) is 13.0 Å². The lowest BCUT2D eigenvalue weighted by atomic mass is 9.99. The maximum atomic E-state index is 12.6. The number of carbonyl (C=O) groups excluding carboxylic acids is 2. The molecule has 0 saturated carbocycles. The number of hydrogen-bond acceptors (Lipinski definition) is 2. The van der Waals surface area contributed by atoms with Gasteiger partial charge in [-0.2, -0.15) is 0 Å². The molecule has 4 heteroatoms. The molecule has 1 aromatic rings. The largest absolute Gasteiger partial charge is 0.341 e. The fraction of sp³-hybridized carbons (Fsp3) is 0.556. The lowest BCUT2D eigenvalue weighted by Crippen LogP contribution is -2.45. The van der Waals surface area contributed by atoms with Crippen LogP contribution in [0.2, 0.25) is 0 Å². The van der Waals surface area contributed by atoms with Gasteiger partial charge in [-0.1, -0.05) is 25.1 Å². The summed E-state index contributed by atoms with van der Waals surface area (Å²) < 4.78 is 0. The third kappa shape index (κ3) is 3.16. The average Bonchev–Trinajstić information content (AvgIpc) is 2.68. The molecule has 1 saturated heterocycles. The second-order valence-electron chi connectivity index (χ2n) is 6.53. The Morgan fingerprint density at radius 2 is 1.91 bits per heavy atom. The van der Waals surface area contributed by atoms with E-state index in [1.165, 1.54) is 5.56 Å². The molecule has 4 nitrogen and oxygen atoms in total. The minimum Gasteiger partial charge on any atom is -0.341 e. The lowest BCUT2D eigenvalue weighted by molar-refractivity contribution is -0.132. The molecule has 22 heavy (non-hydrogen) atoms. The number of rotatable bonds is 2. The molecular formula is C18H24N2O2. The Balaban J connectivity index is 1.75. The Labute approximate surface area is 132 Å². The molecule has 2 aliphatic rings. The zero-order valence-electron chi connectivity index (χ0n) is 13.3. The normalized spacial score (nSPS) is 19.8. The van der Waals surface area contributed by atoms with Crippen molar-refractivity contribution >= 4 is 17.5 Å². The summed E-state index contributed by atoms with van der Waals surface area (Å²) in [6.45, 7) is 4.06. The standard InChI is InChI=1S/C18H24N2O2/c1-14-9-11-19(12-10-14)18(22)13-20-16-7-3-2-5-15(16)6-4-8-17(20)21/h2-3,5,7,14H,4,6,8-13H2,1H3. The molecule has 2 amide bonds. The van der Waals surface area contributed by atoms with E-state index in [0.29, 0.717) is 12.3 Å². The Hall–Kier alpha value is -1.84. The summed E-state index contributed by atoms with van der Waals surface area (Å²) >= 11 is 0. The van der Waals surface area contributed by atoms with Crippen LogP contribution in [0.5, 0.6) is 0 Å². The summed E-state index contributed by atoms with van der Waals surface area (Å²) in [5.74, 6) is 0.852. The molecule has 0 spiro atoms. The van der Waals surface area contributed by atoms with Gasteiger partial charge in [0.25, 0.3) is 0 Å². The number of nitrogens with zero attached hydrogens (tertiary/aromatic N) is 2. The van der Waals surface area contributed by atoms with Crippen molar-refractivity contribution in [1.29, 1.82) is 0 Å². The molecule has 0 radical (unpaired) electrons. The molecule has 0 bridgehead atoms. The van der Waals surface area contributed by atoms with Crippen LogP contribution in [0.3, 0.4) is 0 Å². The van der Waals surface area contributed by atoms with Crippen LogP contribution in [0.1, 0.15) is 38.2 Å². The van der Waals surface area contributed by atoms with Gasteiger partial charge in [0.1, 0.15) is 6.54 Å². The predicted molar refractivity (Wildman–Crippen MR) is 86.7 cm³/mol. The summed E-state index contributed by atoms with van der Waals surface area (Å²) in [5, 5.41) is 0. The molecule has 1 fully saturated rings. The van der Waals surface area contributed by atoms with Crippen molar-refractivity contribution in [3.8, 4) is 0 Å². The van der Waals surface area contributed by atoms with E-state index in [1.807, 2.05) is 23.1 Å². The summed E-state index contributed by atoms with van der Waals surface area (Å²) in [6, 6.07) is 7.97. The average molecular weight is 300 g/mol. The number of fused-ring (bicyclic) bond motifs is 1. The predicted octanol–water partition coefficient (Wildman–Crippen LogP) is 2.61. The van der Waals surface area contributed by atoms with Crippen molar-refractivity contribution in [2.24, 2.45) is 5.92 Å². The van der Waals surface area contributed by atoms with Gasteiger partial charge < -0.3 is 9.80 Å². The van der Waals surface area contributed by atoms with Crippen LogP contribution < -0.4 is 4.90 Å². The Morgan fingerprint density at radius 1 is 1.18 bits per heavy atom. The molecule has 0 aromatic heterocycles. The highest BCUT2D eigenvalue weighted by Gasteiger charge is 2.27. The molecule has 0 aliphatic carbocycles. The number of piperidine rings is 1. The molecule has 2 aliphatic heterocycles. The maximum absolute atomic E-state index is 12.6. The number of hydrogen-bond donors (Lipinski definition) is 0. The van der Waals surface area contributed by atoms with E-state index in [0.717, 1.165) is 44.5 Å². The minimum atomic E-state index is 0.0728. The number of amides is 2. The third-order valence-electron chi connectivity index (χ3n) is 4.85. The van der Waals surface area contributed by atoms with Crippen molar-refractivity contribution in [2.75, 3.05) is 24.5 Å². The topological polar surface area (TPSA) is 40.6 Å². The van der Waals surface area contributed by atoms with E-state index in [4.69, 9.17) is 0 Å². The van der Waals surface area contributed by atoms with Gasteiger partial charge >= 0.3 is 0 Å². The highest BCUT2D eigenvalue weighted by Crippen LogP contribution is 2.27. The van der Waals surface area contributed by atoms with Crippen LogP contribution in [0.15, 0.2) is 24.3 Å². The first-order chi connectivity index (χ1) is 10.6. The highest BCUT2D eigenvalue weighted by atomic mass is 16.2. The van der Waals surface area contributed by atoms with Crippen molar-refractivity contribution in [1.82, 2.24) is 4.90 Å². The zero-order valence-corrected chi connectivity index (χ0v) is 13.3. The summed E-state index contributed by atoms with van der Waals surface area (Å²) in [4.78, 5) is 28.6. The van der Waals surface area contributed by atoms with Crippen LogP contribution >= 0.6 is 0 Å². The number of benzene rings is 1. The number of aryl methyl sites for hydroxylation is 1. The van der Waals surface area contributed by atoms with Gasteiger partial charge in [0.15, 0.2) is 0 Å². The Morgan fingerprint density at radius 3 is 2.68 bits per heavy atom. The summed E-state index contributed by atoms with van der Waals surface area (Å²) in [7, 11) is 0.